The van der Waals surface area contributed by atoms with E-state index in [2.05, 4.69) is 5.32 Å². The molecule has 1 saturated heterocycles. The lowest BCUT2D eigenvalue weighted by Crippen LogP contribution is -2.35. The molecule has 1 fully saturated rings. The number of hydrogen-bond donors (Lipinski definition) is 2. The van der Waals surface area contributed by atoms with Crippen LogP contribution in [0.2, 0.25) is 0 Å². The molecule has 1 aliphatic heterocycles. The van der Waals surface area contributed by atoms with E-state index in [0.717, 1.165) is 6.42 Å². The van der Waals surface area contributed by atoms with Crippen LogP contribution in [0.1, 0.15) is 30.6 Å². The van der Waals surface area contributed by atoms with Crippen molar-refractivity contribution in [3.8, 4) is 0 Å². The third kappa shape index (κ3) is 4.79. The number of nitrogens with one attached hydrogen (secondary N) is 1. The highest BCUT2D eigenvalue weighted by molar-refractivity contribution is 5.96. The average molecular weight is 333 g/mol. The maximum atomic E-state index is 12.5. The number of amides is 2. The van der Waals surface area contributed by atoms with Crippen LogP contribution in [0.3, 0.4) is 0 Å². The highest BCUT2D eigenvalue weighted by Crippen LogP contribution is 2.28. The second kappa shape index (κ2) is 7.32. The van der Waals surface area contributed by atoms with Gasteiger partial charge in [0, 0.05) is 30.3 Å². The fourth-order valence-electron chi connectivity index (χ4n) is 2.89. The largest absolute Gasteiger partial charge is 0.390 e. The molecule has 132 valence electrons. The number of benzene rings is 1. The first kappa shape index (κ1) is 18.4. The second-order valence-corrected chi connectivity index (χ2v) is 7.25. The minimum atomic E-state index is -0.768. The fourth-order valence-corrected chi connectivity index (χ4v) is 2.89. The van der Waals surface area contributed by atoms with Crippen molar-refractivity contribution in [2.45, 2.75) is 25.9 Å². The summed E-state index contributed by atoms with van der Waals surface area (Å²) in [5, 5.41) is 12.9. The van der Waals surface area contributed by atoms with Crippen molar-refractivity contribution in [1.29, 1.82) is 0 Å². The summed E-state index contributed by atoms with van der Waals surface area (Å²) in [7, 11) is 3.66. The number of likely N-dealkylation sites (tertiary alicyclic amines) is 1. The van der Waals surface area contributed by atoms with Gasteiger partial charge in [0.2, 0.25) is 5.91 Å². The standard InChI is InChI=1S/C18H27N3O3/c1-18(2,24)14-9-10-21(11-14)17(23)13-5-7-15(8-6-13)19-16(22)12-20(3)4/h5-8,14,24H,9-12H2,1-4H3,(H,19,22)/t14-/m0/s1. The Morgan fingerprint density at radius 2 is 1.92 bits per heavy atom. The predicted molar refractivity (Wildman–Crippen MR) is 93.9 cm³/mol. The van der Waals surface area contributed by atoms with E-state index >= 15 is 0 Å². The Morgan fingerprint density at radius 3 is 2.42 bits per heavy atom. The van der Waals surface area contributed by atoms with Gasteiger partial charge in [-0.15, -0.1) is 0 Å². The summed E-state index contributed by atoms with van der Waals surface area (Å²) in [6.07, 6.45) is 0.813. The average Bonchev–Trinajstić information content (AvgIpc) is 2.96. The third-order valence-corrected chi connectivity index (χ3v) is 4.35. The van der Waals surface area contributed by atoms with Gasteiger partial charge in [0.05, 0.1) is 12.1 Å². The van der Waals surface area contributed by atoms with Crippen LogP contribution in [0.4, 0.5) is 5.69 Å². The third-order valence-electron chi connectivity index (χ3n) is 4.35. The first-order valence-electron chi connectivity index (χ1n) is 8.23. The van der Waals surface area contributed by atoms with E-state index < -0.39 is 5.60 Å². The molecule has 1 aromatic carbocycles. The summed E-state index contributed by atoms with van der Waals surface area (Å²) in [6, 6.07) is 6.94. The molecular formula is C18H27N3O3. The quantitative estimate of drug-likeness (QED) is 0.855. The fraction of sp³-hybridized carbons (Fsp3) is 0.556. The molecule has 0 radical (unpaired) electrons. The molecular weight excluding hydrogens is 306 g/mol. The normalized spacial score (nSPS) is 18.1. The molecule has 0 spiro atoms. The van der Waals surface area contributed by atoms with Crippen LogP contribution >= 0.6 is 0 Å². The Morgan fingerprint density at radius 1 is 1.29 bits per heavy atom. The van der Waals surface area contributed by atoms with E-state index in [0.29, 0.717) is 30.9 Å². The van der Waals surface area contributed by atoms with Gasteiger partial charge >= 0.3 is 0 Å². The van der Waals surface area contributed by atoms with Crippen molar-refractivity contribution in [3.05, 3.63) is 29.8 Å². The number of rotatable bonds is 5. The summed E-state index contributed by atoms with van der Waals surface area (Å²) in [5.74, 6) is -0.0226. The number of likely N-dealkylation sites (N-methyl/N-ethyl adjacent to an activating group) is 1. The Bertz CT molecular complexity index is 591. The van der Waals surface area contributed by atoms with E-state index in [-0.39, 0.29) is 17.7 Å². The zero-order valence-electron chi connectivity index (χ0n) is 14.9. The van der Waals surface area contributed by atoms with Crippen LogP contribution in [0, 0.1) is 5.92 Å². The van der Waals surface area contributed by atoms with Crippen molar-refractivity contribution in [2.75, 3.05) is 39.0 Å². The molecule has 0 bridgehead atoms. The lowest BCUT2D eigenvalue weighted by molar-refractivity contribution is -0.116. The van der Waals surface area contributed by atoms with E-state index in [1.807, 2.05) is 14.1 Å². The van der Waals surface area contributed by atoms with E-state index in [4.69, 9.17) is 0 Å². The Hall–Kier alpha value is -1.92. The van der Waals surface area contributed by atoms with Gasteiger partial charge in [0.25, 0.3) is 5.91 Å². The maximum Gasteiger partial charge on any atom is 0.253 e. The number of carbonyl (C=O) groups is 2. The van der Waals surface area contributed by atoms with E-state index in [1.54, 1.807) is 47.9 Å². The highest BCUT2D eigenvalue weighted by atomic mass is 16.3. The van der Waals surface area contributed by atoms with Crippen LogP contribution in [0.25, 0.3) is 0 Å². The number of carbonyl (C=O) groups excluding carboxylic acids is 2. The molecule has 1 aromatic rings. The van der Waals surface area contributed by atoms with Gasteiger partial charge in [-0.25, -0.2) is 0 Å². The first-order chi connectivity index (χ1) is 11.2. The molecule has 2 amide bonds. The lowest BCUT2D eigenvalue weighted by atomic mass is 9.90. The van der Waals surface area contributed by atoms with Gasteiger partial charge in [-0.3, -0.25) is 9.59 Å². The predicted octanol–water partition coefficient (Wildman–Crippen LogP) is 1.42. The number of nitrogens with zero attached hydrogens (tertiary/aromatic N) is 2. The van der Waals surface area contributed by atoms with E-state index in [9.17, 15) is 14.7 Å². The SMILES string of the molecule is CN(C)CC(=O)Nc1ccc(C(=O)N2CC[C@H](C(C)(C)O)C2)cc1. The van der Waals surface area contributed by atoms with Crippen LogP contribution in [-0.2, 0) is 4.79 Å². The zero-order chi connectivity index (χ0) is 17.9. The summed E-state index contributed by atoms with van der Waals surface area (Å²) >= 11 is 0. The monoisotopic (exact) mass is 333 g/mol. The summed E-state index contributed by atoms with van der Waals surface area (Å²) in [4.78, 5) is 27.8. The zero-order valence-corrected chi connectivity index (χ0v) is 14.9. The molecule has 1 aliphatic rings. The highest BCUT2D eigenvalue weighted by Gasteiger charge is 2.35. The molecule has 1 heterocycles. The molecule has 0 unspecified atom stereocenters. The van der Waals surface area contributed by atoms with Crippen molar-refractivity contribution < 1.29 is 14.7 Å². The molecule has 0 aromatic heterocycles. The van der Waals surface area contributed by atoms with Gasteiger partial charge in [-0.2, -0.15) is 0 Å². The maximum absolute atomic E-state index is 12.5. The first-order valence-corrected chi connectivity index (χ1v) is 8.23. The van der Waals surface area contributed by atoms with Gasteiger partial charge in [0.15, 0.2) is 0 Å². The Balaban J connectivity index is 1.96. The molecule has 2 rings (SSSR count). The Kier molecular flexibility index (Phi) is 5.62. The van der Waals surface area contributed by atoms with Crippen LogP contribution in [0.5, 0.6) is 0 Å². The van der Waals surface area contributed by atoms with Crippen molar-refractivity contribution >= 4 is 17.5 Å². The smallest absolute Gasteiger partial charge is 0.253 e. The minimum absolute atomic E-state index is 0.0343. The van der Waals surface area contributed by atoms with Crippen molar-refractivity contribution in [2.24, 2.45) is 5.92 Å². The summed E-state index contributed by atoms with van der Waals surface area (Å²) in [5.41, 5.74) is 0.501. The number of aliphatic hydroxyl groups is 1. The second-order valence-electron chi connectivity index (χ2n) is 7.25. The Labute approximate surface area is 143 Å². The van der Waals surface area contributed by atoms with E-state index in [1.165, 1.54) is 0 Å². The molecule has 6 heteroatoms. The van der Waals surface area contributed by atoms with Crippen LogP contribution in [-0.4, -0.2) is 66.1 Å². The van der Waals surface area contributed by atoms with Gasteiger partial charge in [0.1, 0.15) is 0 Å². The molecule has 24 heavy (non-hydrogen) atoms. The molecule has 1 atom stereocenters. The van der Waals surface area contributed by atoms with Gasteiger partial charge < -0.3 is 20.2 Å². The van der Waals surface area contributed by atoms with Crippen molar-refractivity contribution in [1.82, 2.24) is 9.80 Å². The molecule has 0 saturated carbocycles. The summed E-state index contributed by atoms with van der Waals surface area (Å²) in [6.45, 7) is 5.12. The molecule has 0 aliphatic carbocycles. The van der Waals surface area contributed by atoms with Crippen molar-refractivity contribution in [3.63, 3.8) is 0 Å². The lowest BCUT2D eigenvalue weighted by Gasteiger charge is -2.25. The minimum Gasteiger partial charge on any atom is -0.390 e. The van der Waals surface area contributed by atoms with Crippen LogP contribution < -0.4 is 5.32 Å². The van der Waals surface area contributed by atoms with Gasteiger partial charge in [-0.05, 0) is 58.6 Å². The number of hydrogen-bond acceptors (Lipinski definition) is 4. The summed E-state index contributed by atoms with van der Waals surface area (Å²) < 4.78 is 0. The van der Waals surface area contributed by atoms with Gasteiger partial charge in [-0.1, -0.05) is 0 Å². The topological polar surface area (TPSA) is 72.9 Å². The number of anilines is 1. The van der Waals surface area contributed by atoms with Crippen LogP contribution in [0.15, 0.2) is 24.3 Å². The molecule has 2 N–H and O–H groups in total. The molecule has 6 nitrogen and oxygen atoms in total.